The molecule has 1 aromatic heterocycles. The number of nitrogens with one attached hydrogen (secondary N) is 1. The molecule has 1 aliphatic heterocycles. The molecule has 7 heteroatoms. The summed E-state index contributed by atoms with van der Waals surface area (Å²) in [4.78, 5) is 18.4. The van der Waals surface area contributed by atoms with Crippen molar-refractivity contribution in [2.45, 2.75) is 13.8 Å². The number of carbonyl (C=O) groups is 1. The normalized spacial score (nSPS) is 14.3. The molecule has 138 valence electrons. The second-order valence-electron chi connectivity index (χ2n) is 6.92. The van der Waals surface area contributed by atoms with E-state index in [1.54, 1.807) is 0 Å². The fourth-order valence-electron chi connectivity index (χ4n) is 3.11. The average molecular weight is 354 g/mol. The zero-order chi connectivity index (χ0) is 18.7. The van der Waals surface area contributed by atoms with E-state index in [2.05, 4.69) is 26.5 Å². The van der Waals surface area contributed by atoms with Crippen LogP contribution in [0.3, 0.4) is 0 Å². The summed E-state index contributed by atoms with van der Waals surface area (Å²) in [5, 5.41) is 11.5. The minimum absolute atomic E-state index is 0.0521. The third kappa shape index (κ3) is 4.22. The molecule has 1 aromatic carbocycles. The van der Waals surface area contributed by atoms with E-state index in [-0.39, 0.29) is 6.03 Å². The zero-order valence-corrected chi connectivity index (χ0v) is 15.9. The molecule has 0 radical (unpaired) electrons. The Morgan fingerprint density at radius 2 is 1.65 bits per heavy atom. The monoisotopic (exact) mass is 354 g/mol. The smallest absolute Gasteiger partial charge is 0.321 e. The standard InChI is InChI=1S/C19H26N6O/c1-14-11-15(2)13-16(12-14)20-19(26)25-9-7-24(8-10-25)18-6-5-17(21-22-18)23(3)4/h5-6,11-13H,7-10H2,1-4H3,(H,20,26). The number of piperazine rings is 1. The van der Waals surface area contributed by atoms with Crippen molar-refractivity contribution in [2.24, 2.45) is 0 Å². The van der Waals surface area contributed by atoms with Crippen molar-refractivity contribution in [3.63, 3.8) is 0 Å². The van der Waals surface area contributed by atoms with E-state index >= 15 is 0 Å². The number of aryl methyl sites for hydroxylation is 2. The van der Waals surface area contributed by atoms with Gasteiger partial charge >= 0.3 is 6.03 Å². The minimum Gasteiger partial charge on any atom is -0.361 e. The van der Waals surface area contributed by atoms with Crippen molar-refractivity contribution in [1.82, 2.24) is 15.1 Å². The molecular formula is C19H26N6O. The Kier molecular flexibility index (Phi) is 5.25. The van der Waals surface area contributed by atoms with Gasteiger partial charge in [0.05, 0.1) is 0 Å². The van der Waals surface area contributed by atoms with Gasteiger partial charge in [0, 0.05) is 46.0 Å². The first-order valence-corrected chi connectivity index (χ1v) is 8.82. The zero-order valence-electron chi connectivity index (χ0n) is 15.9. The highest BCUT2D eigenvalue weighted by Crippen LogP contribution is 2.17. The van der Waals surface area contributed by atoms with Crippen LogP contribution in [0, 0.1) is 13.8 Å². The number of aromatic nitrogens is 2. The number of benzene rings is 1. The van der Waals surface area contributed by atoms with Crippen LogP contribution in [0.15, 0.2) is 30.3 Å². The van der Waals surface area contributed by atoms with Crippen LogP contribution in [-0.2, 0) is 0 Å². The molecule has 1 saturated heterocycles. The molecule has 2 heterocycles. The van der Waals surface area contributed by atoms with Crippen molar-refractivity contribution in [3.05, 3.63) is 41.5 Å². The summed E-state index contributed by atoms with van der Waals surface area (Å²) < 4.78 is 0. The minimum atomic E-state index is -0.0521. The van der Waals surface area contributed by atoms with Gasteiger partial charge < -0.3 is 20.0 Å². The third-order valence-electron chi connectivity index (χ3n) is 4.46. The van der Waals surface area contributed by atoms with E-state index < -0.39 is 0 Å². The number of rotatable bonds is 3. The van der Waals surface area contributed by atoms with Crippen molar-refractivity contribution in [1.29, 1.82) is 0 Å². The first-order chi connectivity index (χ1) is 12.4. The molecular weight excluding hydrogens is 328 g/mol. The summed E-state index contributed by atoms with van der Waals surface area (Å²) in [5.74, 6) is 1.69. The maximum Gasteiger partial charge on any atom is 0.321 e. The summed E-state index contributed by atoms with van der Waals surface area (Å²) in [6, 6.07) is 9.96. The van der Waals surface area contributed by atoms with Gasteiger partial charge in [0.25, 0.3) is 0 Å². The lowest BCUT2D eigenvalue weighted by molar-refractivity contribution is 0.208. The van der Waals surface area contributed by atoms with Gasteiger partial charge in [-0.05, 0) is 49.2 Å². The molecule has 0 aliphatic carbocycles. The third-order valence-corrected chi connectivity index (χ3v) is 4.46. The second kappa shape index (κ2) is 7.59. The quantitative estimate of drug-likeness (QED) is 0.917. The van der Waals surface area contributed by atoms with Crippen LogP contribution in [0.1, 0.15) is 11.1 Å². The van der Waals surface area contributed by atoms with Crippen LogP contribution >= 0.6 is 0 Å². The Morgan fingerprint density at radius 1 is 1.00 bits per heavy atom. The van der Waals surface area contributed by atoms with Gasteiger partial charge in [-0.1, -0.05) is 6.07 Å². The summed E-state index contributed by atoms with van der Waals surface area (Å²) in [5.41, 5.74) is 3.13. The number of anilines is 3. The molecule has 0 saturated carbocycles. The van der Waals surface area contributed by atoms with Crippen molar-refractivity contribution in [3.8, 4) is 0 Å². The summed E-state index contributed by atoms with van der Waals surface area (Å²) in [7, 11) is 3.88. The number of amides is 2. The summed E-state index contributed by atoms with van der Waals surface area (Å²) >= 11 is 0. The van der Waals surface area contributed by atoms with E-state index in [4.69, 9.17) is 0 Å². The van der Waals surface area contributed by atoms with Crippen LogP contribution in [-0.4, -0.2) is 61.4 Å². The van der Waals surface area contributed by atoms with E-state index in [0.717, 1.165) is 41.5 Å². The largest absolute Gasteiger partial charge is 0.361 e. The van der Waals surface area contributed by atoms with E-state index in [1.807, 2.05) is 62.0 Å². The van der Waals surface area contributed by atoms with Crippen molar-refractivity contribution >= 4 is 23.4 Å². The molecule has 2 amide bonds. The lowest BCUT2D eigenvalue weighted by Gasteiger charge is -2.35. The average Bonchev–Trinajstić information content (AvgIpc) is 2.61. The van der Waals surface area contributed by atoms with Crippen molar-refractivity contribution < 1.29 is 4.79 Å². The summed E-state index contributed by atoms with van der Waals surface area (Å²) in [6.07, 6.45) is 0. The lowest BCUT2D eigenvalue weighted by atomic mass is 10.1. The topological polar surface area (TPSA) is 64.6 Å². The van der Waals surface area contributed by atoms with Gasteiger partial charge in [0.2, 0.25) is 0 Å². The van der Waals surface area contributed by atoms with Gasteiger partial charge in [0.15, 0.2) is 11.6 Å². The first kappa shape index (κ1) is 18.0. The number of urea groups is 1. The highest BCUT2D eigenvalue weighted by molar-refractivity contribution is 5.89. The molecule has 1 N–H and O–H groups in total. The lowest BCUT2D eigenvalue weighted by Crippen LogP contribution is -2.50. The molecule has 7 nitrogen and oxygen atoms in total. The highest BCUT2D eigenvalue weighted by atomic mass is 16.2. The summed E-state index contributed by atoms with van der Waals surface area (Å²) in [6.45, 7) is 6.88. The van der Waals surface area contributed by atoms with Crippen LogP contribution in [0.25, 0.3) is 0 Å². The molecule has 0 atom stereocenters. The maximum absolute atomic E-state index is 12.5. The second-order valence-corrected chi connectivity index (χ2v) is 6.92. The Hall–Kier alpha value is -2.83. The number of hydrogen-bond donors (Lipinski definition) is 1. The SMILES string of the molecule is Cc1cc(C)cc(NC(=O)N2CCN(c3ccc(N(C)C)nn3)CC2)c1. The van der Waals surface area contributed by atoms with Gasteiger partial charge in [-0.15, -0.1) is 10.2 Å². The van der Waals surface area contributed by atoms with E-state index in [0.29, 0.717) is 13.1 Å². The van der Waals surface area contributed by atoms with Crippen LogP contribution < -0.4 is 15.1 Å². The van der Waals surface area contributed by atoms with Gasteiger partial charge in [-0.25, -0.2) is 4.79 Å². The Labute approximate surface area is 154 Å². The molecule has 1 aliphatic rings. The van der Waals surface area contributed by atoms with E-state index in [9.17, 15) is 4.79 Å². The Balaban J connectivity index is 1.56. The van der Waals surface area contributed by atoms with Crippen LogP contribution in [0.4, 0.5) is 22.1 Å². The molecule has 2 aromatic rings. The maximum atomic E-state index is 12.5. The molecule has 0 unspecified atom stereocenters. The number of hydrogen-bond acceptors (Lipinski definition) is 5. The van der Waals surface area contributed by atoms with Gasteiger partial charge in [0.1, 0.15) is 0 Å². The molecule has 0 spiro atoms. The Morgan fingerprint density at radius 3 is 2.19 bits per heavy atom. The molecule has 26 heavy (non-hydrogen) atoms. The fourth-order valence-corrected chi connectivity index (χ4v) is 3.11. The molecule has 1 fully saturated rings. The van der Waals surface area contributed by atoms with Gasteiger partial charge in [-0.3, -0.25) is 0 Å². The van der Waals surface area contributed by atoms with E-state index in [1.165, 1.54) is 0 Å². The predicted octanol–water partition coefficient (Wildman–Crippen LogP) is 2.51. The fraction of sp³-hybridized carbons (Fsp3) is 0.421. The first-order valence-electron chi connectivity index (χ1n) is 8.82. The predicted molar refractivity (Wildman–Crippen MR) is 105 cm³/mol. The van der Waals surface area contributed by atoms with Crippen molar-refractivity contribution in [2.75, 3.05) is 55.4 Å². The number of carbonyl (C=O) groups excluding carboxylic acids is 1. The highest BCUT2D eigenvalue weighted by Gasteiger charge is 2.22. The molecule has 3 rings (SSSR count). The molecule has 0 bridgehead atoms. The van der Waals surface area contributed by atoms with Gasteiger partial charge in [-0.2, -0.15) is 0 Å². The Bertz CT molecular complexity index is 746. The number of nitrogens with zero attached hydrogens (tertiary/aromatic N) is 5. The van der Waals surface area contributed by atoms with Crippen LogP contribution in [0.5, 0.6) is 0 Å². The van der Waals surface area contributed by atoms with Crippen LogP contribution in [0.2, 0.25) is 0 Å².